The van der Waals surface area contributed by atoms with Gasteiger partial charge in [-0.25, -0.2) is 0 Å². The Morgan fingerprint density at radius 3 is 2.50 bits per heavy atom. The van der Waals surface area contributed by atoms with Crippen molar-refractivity contribution in [3.8, 4) is 23.3 Å². The molecule has 0 saturated carbocycles. The highest BCUT2D eigenvalue weighted by molar-refractivity contribution is 6.31. The van der Waals surface area contributed by atoms with Crippen molar-refractivity contribution in [1.82, 2.24) is 0 Å². The summed E-state index contributed by atoms with van der Waals surface area (Å²) in [7, 11) is 1.53. The van der Waals surface area contributed by atoms with Crippen molar-refractivity contribution in [1.29, 1.82) is 5.26 Å². The molecule has 0 bridgehead atoms. The Morgan fingerprint density at radius 1 is 1.11 bits per heavy atom. The fraction of sp³-hybridized carbons (Fsp3) is 0.172. The molecule has 184 valence electrons. The summed E-state index contributed by atoms with van der Waals surface area (Å²) >= 11 is 6.26. The van der Waals surface area contributed by atoms with Crippen LogP contribution in [0.15, 0.2) is 78.9 Å². The van der Waals surface area contributed by atoms with E-state index in [2.05, 4.69) is 11.9 Å². The first kappa shape index (κ1) is 26.4. The first-order chi connectivity index (χ1) is 17.5. The number of hydrogen-bond donors (Lipinski definition) is 1. The van der Waals surface area contributed by atoms with Crippen LogP contribution in [0.1, 0.15) is 23.6 Å². The summed E-state index contributed by atoms with van der Waals surface area (Å²) in [6.07, 6.45) is 3.75. The number of benzene rings is 3. The quantitative estimate of drug-likeness (QED) is 0.181. The number of halogens is 1. The summed E-state index contributed by atoms with van der Waals surface area (Å²) in [5.41, 5.74) is 2.75. The third kappa shape index (κ3) is 6.91. The third-order valence-corrected chi connectivity index (χ3v) is 5.54. The van der Waals surface area contributed by atoms with Crippen LogP contribution >= 0.6 is 11.6 Å². The van der Waals surface area contributed by atoms with E-state index < -0.39 is 5.91 Å². The predicted octanol–water partition coefficient (Wildman–Crippen LogP) is 6.60. The molecule has 0 radical (unpaired) electrons. The lowest BCUT2D eigenvalue weighted by molar-refractivity contribution is -0.112. The van der Waals surface area contributed by atoms with E-state index in [0.29, 0.717) is 46.5 Å². The van der Waals surface area contributed by atoms with Gasteiger partial charge in [0.2, 0.25) is 0 Å². The second-order valence-electron chi connectivity index (χ2n) is 7.67. The van der Waals surface area contributed by atoms with Crippen LogP contribution in [0.2, 0.25) is 5.02 Å². The molecule has 0 atom stereocenters. The first-order valence-corrected chi connectivity index (χ1v) is 11.7. The highest BCUT2D eigenvalue weighted by atomic mass is 35.5. The molecule has 6 nitrogen and oxygen atoms in total. The topological polar surface area (TPSA) is 80.6 Å². The molecule has 0 fully saturated rings. The maximum absolute atomic E-state index is 12.8. The third-order valence-electron chi connectivity index (χ3n) is 5.17. The van der Waals surface area contributed by atoms with Gasteiger partial charge in [-0.1, -0.05) is 35.9 Å². The number of nitrogens with zero attached hydrogens (tertiary/aromatic N) is 1. The number of allylic oxidation sites excluding steroid dienone is 1. The SMILES string of the molecule is C=CCc1cc(/C=C(\C#N)C(=O)Nc2ccc(OCC)cc2)cc(OC)c1OCc1ccccc1Cl. The number of ether oxygens (including phenoxy) is 3. The van der Waals surface area contributed by atoms with Crippen LogP contribution in [0.4, 0.5) is 5.69 Å². The van der Waals surface area contributed by atoms with Gasteiger partial charge in [0.15, 0.2) is 11.5 Å². The largest absolute Gasteiger partial charge is 0.494 e. The Kier molecular flexibility index (Phi) is 9.56. The second kappa shape index (κ2) is 13.0. The zero-order valence-electron chi connectivity index (χ0n) is 20.2. The number of hydrogen-bond acceptors (Lipinski definition) is 5. The summed E-state index contributed by atoms with van der Waals surface area (Å²) in [6, 6.07) is 19.9. The summed E-state index contributed by atoms with van der Waals surface area (Å²) in [4.78, 5) is 12.8. The van der Waals surface area contributed by atoms with E-state index in [1.807, 2.05) is 37.3 Å². The van der Waals surface area contributed by atoms with Crippen LogP contribution < -0.4 is 19.5 Å². The molecule has 0 aromatic heterocycles. The Balaban J connectivity index is 1.86. The van der Waals surface area contributed by atoms with Gasteiger partial charge in [-0.3, -0.25) is 4.79 Å². The molecule has 1 N–H and O–H groups in total. The Morgan fingerprint density at radius 2 is 1.86 bits per heavy atom. The van der Waals surface area contributed by atoms with E-state index in [0.717, 1.165) is 11.1 Å². The van der Waals surface area contributed by atoms with E-state index in [9.17, 15) is 10.1 Å². The molecule has 3 aromatic carbocycles. The minimum atomic E-state index is -0.523. The molecule has 0 heterocycles. The lowest BCUT2D eigenvalue weighted by Crippen LogP contribution is -2.13. The van der Waals surface area contributed by atoms with Gasteiger partial charge in [0, 0.05) is 21.8 Å². The molecule has 0 saturated heterocycles. The van der Waals surface area contributed by atoms with Crippen molar-refractivity contribution < 1.29 is 19.0 Å². The van der Waals surface area contributed by atoms with Crippen molar-refractivity contribution in [2.75, 3.05) is 19.0 Å². The summed E-state index contributed by atoms with van der Waals surface area (Å²) in [5.74, 6) is 1.19. The lowest BCUT2D eigenvalue weighted by atomic mass is 10.0. The maximum atomic E-state index is 12.8. The second-order valence-corrected chi connectivity index (χ2v) is 8.07. The molecule has 36 heavy (non-hydrogen) atoms. The standard InChI is InChI=1S/C29H27ClN2O4/c1-4-8-21-15-20(17-27(34-3)28(21)36-19-22-9-6-7-10-26(22)30)16-23(18-31)29(33)32-24-11-13-25(14-12-24)35-5-2/h4,6-7,9-17H,1,5,8,19H2,2-3H3,(H,32,33)/b23-16+. The van der Waals surface area contributed by atoms with Crippen LogP contribution in [0, 0.1) is 11.3 Å². The van der Waals surface area contributed by atoms with Gasteiger partial charge in [-0.15, -0.1) is 6.58 Å². The molecule has 1 amide bonds. The minimum Gasteiger partial charge on any atom is -0.494 e. The average molecular weight is 503 g/mol. The maximum Gasteiger partial charge on any atom is 0.266 e. The molecular formula is C29H27ClN2O4. The van der Waals surface area contributed by atoms with Gasteiger partial charge in [0.25, 0.3) is 5.91 Å². The van der Waals surface area contributed by atoms with Crippen LogP contribution in [0.25, 0.3) is 6.08 Å². The normalized spacial score (nSPS) is 10.8. The van der Waals surface area contributed by atoms with Gasteiger partial charge in [0.05, 0.1) is 13.7 Å². The highest BCUT2D eigenvalue weighted by Crippen LogP contribution is 2.35. The average Bonchev–Trinajstić information content (AvgIpc) is 2.88. The van der Waals surface area contributed by atoms with Gasteiger partial charge in [-0.2, -0.15) is 5.26 Å². The number of anilines is 1. The van der Waals surface area contributed by atoms with Gasteiger partial charge in [0.1, 0.15) is 24.0 Å². The van der Waals surface area contributed by atoms with Crippen LogP contribution in [-0.2, 0) is 17.8 Å². The zero-order valence-corrected chi connectivity index (χ0v) is 21.0. The van der Waals surface area contributed by atoms with E-state index in [1.165, 1.54) is 13.2 Å². The van der Waals surface area contributed by atoms with Crippen molar-refractivity contribution in [2.45, 2.75) is 20.0 Å². The molecule has 3 rings (SSSR count). The summed E-state index contributed by atoms with van der Waals surface area (Å²) in [5, 5.41) is 13.0. The molecule has 7 heteroatoms. The van der Waals surface area contributed by atoms with Gasteiger partial charge >= 0.3 is 0 Å². The van der Waals surface area contributed by atoms with E-state index in [4.69, 9.17) is 25.8 Å². The summed E-state index contributed by atoms with van der Waals surface area (Å²) in [6.45, 7) is 6.52. The Labute approximate surface area is 216 Å². The molecule has 0 unspecified atom stereocenters. The predicted molar refractivity (Wildman–Crippen MR) is 143 cm³/mol. The summed E-state index contributed by atoms with van der Waals surface area (Å²) < 4.78 is 17.1. The van der Waals surface area contributed by atoms with E-state index >= 15 is 0 Å². The smallest absolute Gasteiger partial charge is 0.266 e. The number of nitrogens with one attached hydrogen (secondary N) is 1. The zero-order chi connectivity index (χ0) is 25.9. The minimum absolute atomic E-state index is 0.0553. The highest BCUT2D eigenvalue weighted by Gasteiger charge is 2.15. The Bertz CT molecular complexity index is 1290. The number of nitriles is 1. The van der Waals surface area contributed by atoms with E-state index in [1.54, 1.807) is 42.5 Å². The van der Waals surface area contributed by atoms with Crippen LogP contribution in [0.5, 0.6) is 17.2 Å². The fourth-order valence-corrected chi connectivity index (χ4v) is 3.66. The number of methoxy groups -OCH3 is 1. The van der Waals surface area contributed by atoms with Crippen LogP contribution in [-0.4, -0.2) is 19.6 Å². The molecule has 0 aliphatic heterocycles. The number of rotatable bonds is 11. The van der Waals surface area contributed by atoms with Crippen molar-refractivity contribution in [2.24, 2.45) is 0 Å². The Hall–Kier alpha value is -4.21. The van der Waals surface area contributed by atoms with Crippen LogP contribution in [0.3, 0.4) is 0 Å². The number of amides is 1. The fourth-order valence-electron chi connectivity index (χ4n) is 3.47. The van der Waals surface area contributed by atoms with Crippen molar-refractivity contribution in [3.05, 3.63) is 101 Å². The number of carbonyl (C=O) groups is 1. The monoisotopic (exact) mass is 502 g/mol. The first-order valence-electron chi connectivity index (χ1n) is 11.3. The molecule has 3 aromatic rings. The van der Waals surface area contributed by atoms with Crippen molar-refractivity contribution in [3.63, 3.8) is 0 Å². The van der Waals surface area contributed by atoms with Gasteiger partial charge in [-0.05, 0) is 67.4 Å². The number of carbonyl (C=O) groups excluding carboxylic acids is 1. The molecule has 0 spiro atoms. The van der Waals surface area contributed by atoms with E-state index in [-0.39, 0.29) is 12.2 Å². The molecular weight excluding hydrogens is 476 g/mol. The lowest BCUT2D eigenvalue weighted by Gasteiger charge is -2.16. The molecule has 0 aliphatic carbocycles. The molecule has 0 aliphatic rings. The van der Waals surface area contributed by atoms with Gasteiger partial charge < -0.3 is 19.5 Å². The van der Waals surface area contributed by atoms with Crippen molar-refractivity contribution >= 4 is 29.3 Å².